The molecule has 1 aliphatic rings. The van der Waals surface area contributed by atoms with Crippen molar-refractivity contribution in [1.82, 2.24) is 5.32 Å². The van der Waals surface area contributed by atoms with Crippen LogP contribution < -0.4 is 5.32 Å². The molecule has 1 heterocycles. The number of benzene rings is 2. The van der Waals surface area contributed by atoms with Gasteiger partial charge in [-0.15, -0.1) is 0 Å². The van der Waals surface area contributed by atoms with E-state index in [2.05, 4.69) is 5.32 Å². The summed E-state index contributed by atoms with van der Waals surface area (Å²) >= 11 is 0. The van der Waals surface area contributed by atoms with Crippen molar-refractivity contribution in [1.29, 1.82) is 0 Å². The predicted molar refractivity (Wildman–Crippen MR) is 76.8 cm³/mol. The van der Waals surface area contributed by atoms with E-state index in [0.29, 0.717) is 12.0 Å². The van der Waals surface area contributed by atoms with Crippen LogP contribution >= 0.6 is 0 Å². The Morgan fingerprint density at radius 1 is 1.10 bits per heavy atom. The van der Waals surface area contributed by atoms with Crippen molar-refractivity contribution >= 4 is 11.7 Å². The number of amides is 1. The molecule has 2 aromatic carbocycles. The standard InChI is InChI=1S/C17H15NO2/c1-11-6-2-3-7-12(11)16(19)10-15-13-8-4-5-9-14(13)17(20)18-15/h2-9,15H,10H2,1H3,(H,18,20)/t15-/m0/s1. The van der Waals surface area contributed by atoms with Crippen LogP contribution in [-0.2, 0) is 0 Å². The highest BCUT2D eigenvalue weighted by atomic mass is 16.2. The van der Waals surface area contributed by atoms with E-state index in [4.69, 9.17) is 0 Å². The number of hydrogen-bond donors (Lipinski definition) is 1. The number of carbonyl (C=O) groups excluding carboxylic acids is 2. The normalized spacial score (nSPS) is 16.6. The van der Waals surface area contributed by atoms with Gasteiger partial charge in [0.2, 0.25) is 0 Å². The molecule has 0 aliphatic carbocycles. The summed E-state index contributed by atoms with van der Waals surface area (Å²) in [6, 6.07) is 14.8. The third-order valence-corrected chi connectivity index (χ3v) is 3.72. The Hall–Kier alpha value is -2.42. The highest BCUT2D eigenvalue weighted by molar-refractivity contribution is 6.02. The Morgan fingerprint density at radius 2 is 1.80 bits per heavy atom. The fraction of sp³-hybridized carbons (Fsp3) is 0.176. The molecule has 0 saturated heterocycles. The van der Waals surface area contributed by atoms with Crippen molar-refractivity contribution < 1.29 is 9.59 Å². The maximum Gasteiger partial charge on any atom is 0.252 e. The van der Waals surface area contributed by atoms with Crippen molar-refractivity contribution in [3.63, 3.8) is 0 Å². The molecule has 0 spiro atoms. The summed E-state index contributed by atoms with van der Waals surface area (Å²) in [7, 11) is 0. The van der Waals surface area contributed by atoms with Crippen LogP contribution in [0.15, 0.2) is 48.5 Å². The average molecular weight is 265 g/mol. The first kappa shape index (κ1) is 12.6. The van der Waals surface area contributed by atoms with Crippen LogP contribution in [0, 0.1) is 6.92 Å². The summed E-state index contributed by atoms with van der Waals surface area (Å²) in [5, 5.41) is 2.88. The zero-order chi connectivity index (χ0) is 14.1. The molecule has 0 unspecified atom stereocenters. The molecule has 3 nitrogen and oxygen atoms in total. The number of fused-ring (bicyclic) bond motifs is 1. The molecule has 100 valence electrons. The third-order valence-electron chi connectivity index (χ3n) is 3.72. The minimum absolute atomic E-state index is 0.0603. The molecular weight excluding hydrogens is 250 g/mol. The van der Waals surface area contributed by atoms with Crippen molar-refractivity contribution in [2.24, 2.45) is 0 Å². The molecule has 1 amide bonds. The second-order valence-corrected chi connectivity index (χ2v) is 5.06. The monoisotopic (exact) mass is 265 g/mol. The lowest BCUT2D eigenvalue weighted by Crippen LogP contribution is -2.21. The summed E-state index contributed by atoms with van der Waals surface area (Å²) < 4.78 is 0. The van der Waals surface area contributed by atoms with E-state index in [9.17, 15) is 9.59 Å². The zero-order valence-corrected chi connectivity index (χ0v) is 11.2. The van der Waals surface area contributed by atoms with Crippen LogP contribution in [0.4, 0.5) is 0 Å². The Kier molecular flexibility index (Phi) is 3.11. The Labute approximate surface area is 117 Å². The van der Waals surface area contributed by atoms with Gasteiger partial charge in [-0.3, -0.25) is 9.59 Å². The maximum absolute atomic E-state index is 12.4. The first-order valence-electron chi connectivity index (χ1n) is 6.65. The average Bonchev–Trinajstić information content (AvgIpc) is 2.76. The minimum Gasteiger partial charge on any atom is -0.345 e. The number of nitrogens with one attached hydrogen (secondary N) is 1. The summed E-state index contributed by atoms with van der Waals surface area (Å²) in [6.07, 6.45) is 0.299. The van der Waals surface area contributed by atoms with Gasteiger partial charge in [0.05, 0.1) is 6.04 Å². The van der Waals surface area contributed by atoms with E-state index >= 15 is 0 Å². The molecule has 2 aromatic rings. The maximum atomic E-state index is 12.4. The van der Waals surface area contributed by atoms with Crippen LogP contribution in [0.2, 0.25) is 0 Å². The number of hydrogen-bond acceptors (Lipinski definition) is 2. The second kappa shape index (κ2) is 4.93. The molecule has 0 bridgehead atoms. The Bertz CT molecular complexity index is 691. The number of Topliss-reactive ketones (excluding diaryl/α,β-unsaturated/α-hetero) is 1. The smallest absolute Gasteiger partial charge is 0.252 e. The quantitative estimate of drug-likeness (QED) is 0.867. The van der Waals surface area contributed by atoms with E-state index in [-0.39, 0.29) is 17.7 Å². The molecule has 1 aliphatic heterocycles. The van der Waals surface area contributed by atoms with E-state index in [1.807, 2.05) is 49.4 Å². The van der Waals surface area contributed by atoms with E-state index in [1.54, 1.807) is 6.07 Å². The molecule has 0 aromatic heterocycles. The Balaban J connectivity index is 1.85. The van der Waals surface area contributed by atoms with Crippen molar-refractivity contribution in [3.8, 4) is 0 Å². The van der Waals surface area contributed by atoms with Gasteiger partial charge in [-0.1, -0.05) is 42.5 Å². The van der Waals surface area contributed by atoms with E-state index in [1.165, 1.54) is 0 Å². The van der Waals surface area contributed by atoms with Crippen molar-refractivity contribution in [2.45, 2.75) is 19.4 Å². The van der Waals surface area contributed by atoms with Crippen LogP contribution in [0.3, 0.4) is 0 Å². The lowest BCUT2D eigenvalue weighted by molar-refractivity contribution is 0.0933. The van der Waals surface area contributed by atoms with Crippen molar-refractivity contribution in [2.75, 3.05) is 0 Å². The highest BCUT2D eigenvalue weighted by Crippen LogP contribution is 2.28. The number of carbonyl (C=O) groups is 2. The molecule has 0 saturated carbocycles. The fourth-order valence-corrected chi connectivity index (χ4v) is 2.66. The largest absolute Gasteiger partial charge is 0.345 e. The van der Waals surface area contributed by atoms with Gasteiger partial charge in [0.15, 0.2) is 5.78 Å². The minimum atomic E-state index is -0.217. The predicted octanol–water partition coefficient (Wildman–Crippen LogP) is 3.05. The summed E-state index contributed by atoms with van der Waals surface area (Å²) in [6.45, 7) is 1.93. The number of aryl methyl sites for hydroxylation is 1. The lowest BCUT2D eigenvalue weighted by atomic mass is 9.96. The molecule has 0 radical (unpaired) electrons. The fourth-order valence-electron chi connectivity index (χ4n) is 2.66. The summed E-state index contributed by atoms with van der Waals surface area (Å²) in [5.41, 5.74) is 3.29. The summed E-state index contributed by atoms with van der Waals surface area (Å²) in [4.78, 5) is 24.2. The molecule has 0 fully saturated rings. The number of ketones is 1. The first-order chi connectivity index (χ1) is 9.66. The molecule has 1 atom stereocenters. The van der Waals surface area contributed by atoms with E-state index in [0.717, 1.165) is 16.7 Å². The highest BCUT2D eigenvalue weighted by Gasteiger charge is 2.29. The van der Waals surface area contributed by atoms with Gasteiger partial charge >= 0.3 is 0 Å². The van der Waals surface area contributed by atoms with Crippen molar-refractivity contribution in [3.05, 3.63) is 70.8 Å². The van der Waals surface area contributed by atoms with E-state index < -0.39 is 0 Å². The Morgan fingerprint density at radius 3 is 2.60 bits per heavy atom. The zero-order valence-electron chi connectivity index (χ0n) is 11.2. The molecule has 1 N–H and O–H groups in total. The molecular formula is C17H15NO2. The van der Waals surface area contributed by atoms with Gasteiger partial charge in [-0.05, 0) is 24.1 Å². The van der Waals surface area contributed by atoms with Crippen LogP contribution in [0.1, 0.15) is 44.3 Å². The SMILES string of the molecule is Cc1ccccc1C(=O)C[C@@H]1NC(=O)c2ccccc21. The second-order valence-electron chi connectivity index (χ2n) is 5.06. The van der Waals surface area contributed by atoms with Crippen LogP contribution in [0.25, 0.3) is 0 Å². The van der Waals surface area contributed by atoms with Gasteiger partial charge in [-0.25, -0.2) is 0 Å². The van der Waals surface area contributed by atoms with Gasteiger partial charge in [0.1, 0.15) is 0 Å². The summed E-state index contributed by atoms with van der Waals surface area (Å²) in [5.74, 6) is -0.0340. The van der Waals surface area contributed by atoms with Gasteiger partial charge in [-0.2, -0.15) is 0 Å². The molecule has 3 heteroatoms. The third kappa shape index (κ3) is 2.11. The van der Waals surface area contributed by atoms with Gasteiger partial charge in [0.25, 0.3) is 5.91 Å². The van der Waals surface area contributed by atoms with Gasteiger partial charge < -0.3 is 5.32 Å². The first-order valence-corrected chi connectivity index (χ1v) is 6.65. The van der Waals surface area contributed by atoms with Gasteiger partial charge in [0, 0.05) is 17.5 Å². The number of rotatable bonds is 3. The topological polar surface area (TPSA) is 46.2 Å². The van der Waals surface area contributed by atoms with Crippen LogP contribution in [-0.4, -0.2) is 11.7 Å². The molecule has 20 heavy (non-hydrogen) atoms. The molecule has 3 rings (SSSR count). The lowest BCUT2D eigenvalue weighted by Gasteiger charge is -2.12. The van der Waals surface area contributed by atoms with Crippen LogP contribution in [0.5, 0.6) is 0 Å².